The summed E-state index contributed by atoms with van der Waals surface area (Å²) in [4.78, 5) is 24.7. The second-order valence-corrected chi connectivity index (χ2v) is 5.19. The van der Waals surface area contributed by atoms with Gasteiger partial charge in [0.15, 0.2) is 0 Å². The number of hydrogen-bond acceptors (Lipinski definition) is 3. The number of carboxylic acids is 1. The van der Waals surface area contributed by atoms with Crippen LogP contribution in [0.25, 0.3) is 0 Å². The van der Waals surface area contributed by atoms with Gasteiger partial charge in [0.05, 0.1) is 0 Å². The molecule has 0 aliphatic heterocycles. The summed E-state index contributed by atoms with van der Waals surface area (Å²) in [6, 6.07) is 17.5. The van der Waals surface area contributed by atoms with Crippen LogP contribution in [0.2, 0.25) is 0 Å². The number of rotatable bonds is 6. The van der Waals surface area contributed by atoms with Crippen molar-refractivity contribution in [2.24, 2.45) is 0 Å². The van der Waals surface area contributed by atoms with E-state index in [1.54, 1.807) is 0 Å². The van der Waals surface area contributed by atoms with Crippen LogP contribution in [0.3, 0.4) is 0 Å². The zero-order valence-electron chi connectivity index (χ0n) is 14.9. The molecule has 0 bridgehead atoms. The minimum absolute atomic E-state index is 0. The maximum absolute atomic E-state index is 12.1. The van der Waals surface area contributed by atoms with E-state index in [0.717, 1.165) is 16.0 Å². The van der Waals surface area contributed by atoms with E-state index in [9.17, 15) is 14.7 Å². The van der Waals surface area contributed by atoms with Crippen molar-refractivity contribution in [1.82, 2.24) is 4.90 Å². The van der Waals surface area contributed by atoms with Crippen molar-refractivity contribution in [1.29, 1.82) is 0 Å². The molecule has 0 aliphatic carbocycles. The Kier molecular flexibility index (Phi) is 8.11. The number of benzene rings is 2. The van der Waals surface area contributed by atoms with E-state index in [1.807, 2.05) is 60.7 Å². The van der Waals surface area contributed by atoms with Gasteiger partial charge in [-0.25, -0.2) is 9.59 Å². The quantitative estimate of drug-likeness (QED) is 0.765. The molecular formula is C18H20LiNO4. The molecular weight excluding hydrogens is 301 g/mol. The molecule has 1 atom stereocenters. The Morgan fingerprint density at radius 3 is 2.04 bits per heavy atom. The first-order valence-corrected chi connectivity index (χ1v) is 7.28. The van der Waals surface area contributed by atoms with Crippen molar-refractivity contribution in [2.45, 2.75) is 19.1 Å². The first-order chi connectivity index (χ1) is 11.1. The molecule has 6 heteroatoms. The van der Waals surface area contributed by atoms with E-state index in [2.05, 4.69) is 0 Å². The Bertz CT molecular complexity index is 655. The topological polar surface area (TPSA) is 66.8 Å². The molecule has 1 amide bonds. The molecule has 122 valence electrons. The number of carboxylic acid groups (broad SMARTS) is 1. The van der Waals surface area contributed by atoms with E-state index in [-0.39, 0.29) is 33.3 Å². The summed E-state index contributed by atoms with van der Waals surface area (Å²) < 4.78 is 5.18. The number of likely N-dealkylation sites (N-methyl/N-ethyl adjacent to an activating group) is 1. The van der Waals surface area contributed by atoms with Crippen molar-refractivity contribution < 1.29 is 39.7 Å². The molecule has 2 rings (SSSR count). The largest absolute Gasteiger partial charge is 1.00 e. The number of nitrogens with zero attached hydrogens (tertiary/aromatic N) is 1. The van der Waals surface area contributed by atoms with Gasteiger partial charge in [-0.3, -0.25) is 4.90 Å². The molecule has 2 aromatic carbocycles. The fourth-order valence-electron chi connectivity index (χ4n) is 2.18. The summed E-state index contributed by atoms with van der Waals surface area (Å²) in [5.41, 5.74) is 1.70. The van der Waals surface area contributed by atoms with Gasteiger partial charge < -0.3 is 11.3 Å². The second kappa shape index (κ2) is 9.81. The van der Waals surface area contributed by atoms with Crippen LogP contribution in [-0.4, -0.2) is 35.2 Å². The van der Waals surface area contributed by atoms with Gasteiger partial charge in [-0.2, -0.15) is 0 Å². The van der Waals surface area contributed by atoms with Crippen molar-refractivity contribution in [3.63, 3.8) is 0 Å². The number of aliphatic carboxylic acids is 1. The van der Waals surface area contributed by atoms with Crippen molar-refractivity contribution >= 4 is 12.1 Å². The summed E-state index contributed by atoms with van der Waals surface area (Å²) >= 11 is 0. The van der Waals surface area contributed by atoms with Crippen LogP contribution in [-0.2, 0) is 22.6 Å². The SMILES string of the molecule is CN(C(=O)OCc1ccccc1)[C@@H](Cc1ccccc1)C(=O)O.[H-].[Li+]. The van der Waals surface area contributed by atoms with E-state index in [4.69, 9.17) is 4.74 Å². The zero-order valence-corrected chi connectivity index (χ0v) is 13.9. The molecule has 0 spiro atoms. The number of hydrogen-bond donors (Lipinski definition) is 1. The molecule has 5 nitrogen and oxygen atoms in total. The van der Waals surface area contributed by atoms with Gasteiger partial charge in [0.1, 0.15) is 12.6 Å². The van der Waals surface area contributed by atoms with Gasteiger partial charge >= 0.3 is 30.9 Å². The first kappa shape index (κ1) is 19.8. The minimum Gasteiger partial charge on any atom is -1.00 e. The Balaban J connectivity index is 0.00000288. The molecule has 1 N–H and O–H groups in total. The Hall–Kier alpha value is -2.22. The van der Waals surface area contributed by atoms with E-state index >= 15 is 0 Å². The van der Waals surface area contributed by atoms with Crippen LogP contribution in [0.4, 0.5) is 4.79 Å². The van der Waals surface area contributed by atoms with Crippen LogP contribution in [0.1, 0.15) is 12.6 Å². The van der Waals surface area contributed by atoms with E-state index in [1.165, 1.54) is 7.05 Å². The molecule has 2 aromatic rings. The molecule has 0 saturated heterocycles. The third kappa shape index (κ3) is 5.77. The van der Waals surface area contributed by atoms with Gasteiger partial charge in [0.25, 0.3) is 0 Å². The van der Waals surface area contributed by atoms with Crippen LogP contribution >= 0.6 is 0 Å². The fourth-order valence-corrected chi connectivity index (χ4v) is 2.18. The van der Waals surface area contributed by atoms with Crippen LogP contribution in [0.5, 0.6) is 0 Å². The predicted molar refractivity (Wildman–Crippen MR) is 87.1 cm³/mol. The van der Waals surface area contributed by atoms with E-state index < -0.39 is 18.1 Å². The second-order valence-electron chi connectivity index (χ2n) is 5.19. The predicted octanol–water partition coefficient (Wildman–Crippen LogP) is 0.0674. The third-order valence-corrected chi connectivity index (χ3v) is 3.52. The van der Waals surface area contributed by atoms with Crippen molar-refractivity contribution in [3.05, 3.63) is 71.8 Å². The maximum Gasteiger partial charge on any atom is 1.00 e. The number of amides is 1. The molecule has 0 unspecified atom stereocenters. The molecule has 24 heavy (non-hydrogen) atoms. The van der Waals surface area contributed by atoms with Crippen molar-refractivity contribution in [3.8, 4) is 0 Å². The molecule has 0 aliphatic rings. The normalized spacial score (nSPS) is 11.0. The zero-order chi connectivity index (χ0) is 16.7. The molecule has 0 radical (unpaired) electrons. The van der Waals surface area contributed by atoms with Crippen LogP contribution in [0, 0.1) is 0 Å². The summed E-state index contributed by atoms with van der Waals surface area (Å²) in [7, 11) is 1.44. The summed E-state index contributed by atoms with van der Waals surface area (Å²) in [5.74, 6) is -1.06. The average Bonchev–Trinajstić information content (AvgIpc) is 2.58. The molecule has 0 fully saturated rings. The fraction of sp³-hybridized carbons (Fsp3) is 0.222. The summed E-state index contributed by atoms with van der Waals surface area (Å²) in [6.45, 7) is 0.113. The molecule has 0 heterocycles. The van der Waals surface area contributed by atoms with Gasteiger partial charge in [-0.1, -0.05) is 60.7 Å². The Morgan fingerprint density at radius 1 is 1.04 bits per heavy atom. The standard InChI is InChI=1S/C18H19NO4.Li.H/c1-19(18(22)23-13-15-10-6-3-7-11-15)16(17(20)21)12-14-8-4-2-5-9-14;;/h2-11,16H,12-13H2,1H3,(H,20,21);;/q;+1;-1/t16-;;/m0../s1. The van der Waals surface area contributed by atoms with Crippen LogP contribution in [0.15, 0.2) is 60.7 Å². The Labute approximate surface area is 154 Å². The smallest absolute Gasteiger partial charge is 1.00 e. The average molecular weight is 321 g/mol. The monoisotopic (exact) mass is 321 g/mol. The minimum atomic E-state index is -1.06. The molecule has 0 aromatic heterocycles. The first-order valence-electron chi connectivity index (χ1n) is 7.28. The number of ether oxygens (including phenoxy) is 1. The van der Waals surface area contributed by atoms with Gasteiger partial charge in [-0.05, 0) is 11.1 Å². The van der Waals surface area contributed by atoms with E-state index in [0.29, 0.717) is 0 Å². The summed E-state index contributed by atoms with van der Waals surface area (Å²) in [5, 5.41) is 9.39. The summed E-state index contributed by atoms with van der Waals surface area (Å²) in [6.07, 6.45) is -0.426. The van der Waals surface area contributed by atoms with Crippen LogP contribution < -0.4 is 18.9 Å². The van der Waals surface area contributed by atoms with Gasteiger partial charge in [-0.15, -0.1) is 0 Å². The maximum atomic E-state index is 12.1. The van der Waals surface area contributed by atoms with Gasteiger partial charge in [0.2, 0.25) is 0 Å². The number of carbonyl (C=O) groups excluding carboxylic acids is 1. The third-order valence-electron chi connectivity index (χ3n) is 3.52. The molecule has 0 saturated carbocycles. The van der Waals surface area contributed by atoms with Crippen molar-refractivity contribution in [2.75, 3.05) is 7.05 Å². The Morgan fingerprint density at radius 2 is 1.54 bits per heavy atom. The number of carbonyl (C=O) groups is 2. The van der Waals surface area contributed by atoms with Gasteiger partial charge in [0, 0.05) is 13.5 Å².